The Kier molecular flexibility index (Phi) is 9.26. The summed E-state index contributed by atoms with van der Waals surface area (Å²) >= 11 is 10.1. The molecule has 2 saturated heterocycles. The van der Waals surface area contributed by atoms with Crippen molar-refractivity contribution in [1.82, 2.24) is 19.8 Å². The van der Waals surface area contributed by atoms with Crippen LogP contribution in [0, 0.1) is 11.3 Å². The first-order valence-electron chi connectivity index (χ1n) is 15.2. The van der Waals surface area contributed by atoms with Gasteiger partial charge in [0.2, 0.25) is 5.91 Å². The number of hydrogen-bond acceptors (Lipinski definition) is 8. The molecule has 2 aromatic carbocycles. The molecule has 4 heterocycles. The fourth-order valence-electron chi connectivity index (χ4n) is 6.68. The Morgan fingerprint density at radius 1 is 1.14 bits per heavy atom. The molecule has 230 valence electrons. The SMILES string of the molecule is C=C(CBr)C(=O)N1CCN(c2nc(OC[C@@H]3CCCN3C)nc3c2CCN(c2cccc4cccc(Cl)c24)C3)C[C@@H]1CC#N. The van der Waals surface area contributed by atoms with E-state index in [2.05, 4.69) is 74.6 Å². The highest BCUT2D eigenvalue weighted by atomic mass is 79.9. The van der Waals surface area contributed by atoms with Crippen molar-refractivity contribution in [3.63, 3.8) is 0 Å². The summed E-state index contributed by atoms with van der Waals surface area (Å²) in [5, 5.41) is 12.9. The molecule has 2 atom stereocenters. The standard InChI is InChI=1S/C33H37BrClN7O2/c1-22(18-34)32(43)42-17-16-41(19-24(42)11-13-36)31-26-12-15-40(29-10-4-7-23-6-3-9-27(35)30(23)29)20-28(26)37-33(38-31)44-21-25-8-5-14-39(25)2/h3-4,6-7,9-10,24-25H,1,5,8,11-12,14-21H2,2H3/t24-,25-/m0/s1. The second-order valence-electron chi connectivity index (χ2n) is 11.8. The molecule has 0 unspecified atom stereocenters. The van der Waals surface area contributed by atoms with Crippen molar-refractivity contribution in [2.24, 2.45) is 0 Å². The Morgan fingerprint density at radius 2 is 1.95 bits per heavy atom. The topological polar surface area (TPSA) is 88.8 Å². The third-order valence-electron chi connectivity index (χ3n) is 9.11. The number of hydrogen-bond donors (Lipinski definition) is 0. The van der Waals surface area contributed by atoms with E-state index < -0.39 is 0 Å². The van der Waals surface area contributed by atoms with Gasteiger partial charge in [0, 0.05) is 59.8 Å². The van der Waals surface area contributed by atoms with E-state index in [1.54, 1.807) is 4.90 Å². The lowest BCUT2D eigenvalue weighted by Gasteiger charge is -2.42. The number of ether oxygens (including phenoxy) is 1. The van der Waals surface area contributed by atoms with Crippen LogP contribution in [0.4, 0.5) is 11.5 Å². The van der Waals surface area contributed by atoms with Crippen LogP contribution < -0.4 is 14.5 Å². The average Bonchev–Trinajstić information content (AvgIpc) is 3.46. The van der Waals surface area contributed by atoms with Crippen LogP contribution in [0.15, 0.2) is 48.6 Å². The molecular formula is C33H37BrClN7O2. The highest BCUT2D eigenvalue weighted by Gasteiger charge is 2.35. The van der Waals surface area contributed by atoms with E-state index in [9.17, 15) is 10.1 Å². The number of piperazine rings is 1. The maximum absolute atomic E-state index is 13.1. The molecule has 3 aliphatic rings. The Hall–Kier alpha value is -3.39. The molecule has 0 saturated carbocycles. The molecule has 1 aromatic heterocycles. The second-order valence-corrected chi connectivity index (χ2v) is 12.8. The zero-order valence-corrected chi connectivity index (χ0v) is 27.4. The van der Waals surface area contributed by atoms with Crippen LogP contribution in [0.2, 0.25) is 5.02 Å². The van der Waals surface area contributed by atoms with Gasteiger partial charge in [0.25, 0.3) is 0 Å². The lowest BCUT2D eigenvalue weighted by Crippen LogP contribution is -2.56. The lowest BCUT2D eigenvalue weighted by molar-refractivity contribution is -0.129. The summed E-state index contributed by atoms with van der Waals surface area (Å²) in [5.41, 5.74) is 3.60. The van der Waals surface area contributed by atoms with Crippen molar-refractivity contribution in [2.75, 3.05) is 61.5 Å². The monoisotopic (exact) mass is 677 g/mol. The summed E-state index contributed by atoms with van der Waals surface area (Å²) in [6.45, 7) is 8.49. The minimum atomic E-state index is -0.267. The van der Waals surface area contributed by atoms with Crippen molar-refractivity contribution in [1.29, 1.82) is 5.26 Å². The van der Waals surface area contributed by atoms with E-state index in [0.29, 0.717) is 55.7 Å². The molecule has 6 rings (SSSR count). The summed E-state index contributed by atoms with van der Waals surface area (Å²) in [6, 6.07) is 15.0. The minimum Gasteiger partial charge on any atom is -0.462 e. The summed E-state index contributed by atoms with van der Waals surface area (Å²) < 4.78 is 6.30. The van der Waals surface area contributed by atoms with Crippen LogP contribution in [0.1, 0.15) is 30.5 Å². The molecule has 0 radical (unpaired) electrons. The molecule has 11 heteroatoms. The number of nitrogens with zero attached hydrogens (tertiary/aromatic N) is 7. The van der Waals surface area contributed by atoms with Crippen molar-refractivity contribution in [3.05, 3.63) is 64.8 Å². The van der Waals surface area contributed by atoms with Crippen LogP contribution in [-0.4, -0.2) is 89.5 Å². The normalized spacial score (nSPS) is 20.5. The number of nitriles is 1. The molecule has 3 aromatic rings. The molecule has 1 amide bonds. The number of likely N-dealkylation sites (tertiary alicyclic amines) is 1. The van der Waals surface area contributed by atoms with Crippen molar-refractivity contribution >= 4 is 55.7 Å². The van der Waals surface area contributed by atoms with Gasteiger partial charge >= 0.3 is 6.01 Å². The number of carbonyl (C=O) groups is 1. The van der Waals surface area contributed by atoms with Gasteiger partial charge in [-0.2, -0.15) is 15.2 Å². The van der Waals surface area contributed by atoms with Gasteiger partial charge in [0.15, 0.2) is 0 Å². The molecule has 44 heavy (non-hydrogen) atoms. The maximum Gasteiger partial charge on any atom is 0.318 e. The van der Waals surface area contributed by atoms with E-state index in [-0.39, 0.29) is 18.4 Å². The third-order valence-corrected chi connectivity index (χ3v) is 10.1. The number of carbonyl (C=O) groups excluding carboxylic acids is 1. The van der Waals surface area contributed by atoms with Crippen LogP contribution in [0.5, 0.6) is 6.01 Å². The number of alkyl halides is 1. The second kappa shape index (κ2) is 13.3. The number of likely N-dealkylation sites (N-methyl/N-ethyl adjacent to an activating group) is 1. The molecule has 9 nitrogen and oxygen atoms in total. The van der Waals surface area contributed by atoms with Gasteiger partial charge in [-0.1, -0.05) is 58.4 Å². The van der Waals surface area contributed by atoms with Gasteiger partial charge in [-0.3, -0.25) is 4.79 Å². The van der Waals surface area contributed by atoms with Crippen LogP contribution in [-0.2, 0) is 17.8 Å². The molecule has 3 aliphatic heterocycles. The largest absolute Gasteiger partial charge is 0.462 e. The molecule has 0 aliphatic carbocycles. The summed E-state index contributed by atoms with van der Waals surface area (Å²) in [5.74, 6) is 0.732. The number of amides is 1. The quantitative estimate of drug-likeness (QED) is 0.237. The smallest absolute Gasteiger partial charge is 0.318 e. The summed E-state index contributed by atoms with van der Waals surface area (Å²) in [6.07, 6.45) is 3.24. The van der Waals surface area contributed by atoms with E-state index in [0.717, 1.165) is 70.9 Å². The molecule has 0 spiro atoms. The number of benzene rings is 2. The Labute approximate surface area is 272 Å². The summed E-state index contributed by atoms with van der Waals surface area (Å²) in [7, 11) is 2.13. The van der Waals surface area contributed by atoms with Gasteiger partial charge in [0.05, 0.1) is 35.8 Å². The molecule has 0 N–H and O–H groups in total. The fraction of sp³-hybridized carbons (Fsp3) is 0.455. The van der Waals surface area contributed by atoms with E-state index in [1.807, 2.05) is 12.1 Å². The Morgan fingerprint density at radius 3 is 2.70 bits per heavy atom. The third kappa shape index (κ3) is 6.10. The summed E-state index contributed by atoms with van der Waals surface area (Å²) in [4.78, 5) is 31.7. The van der Waals surface area contributed by atoms with Crippen LogP contribution >= 0.6 is 27.5 Å². The molecular weight excluding hydrogens is 642 g/mol. The molecule has 2 fully saturated rings. The van der Waals surface area contributed by atoms with Gasteiger partial charge in [-0.15, -0.1) is 0 Å². The first-order valence-corrected chi connectivity index (χ1v) is 16.7. The molecule has 0 bridgehead atoms. The zero-order chi connectivity index (χ0) is 30.8. The van der Waals surface area contributed by atoms with Crippen LogP contribution in [0.25, 0.3) is 10.8 Å². The average molecular weight is 679 g/mol. The number of halogens is 2. The Bertz CT molecular complexity index is 1610. The lowest BCUT2D eigenvalue weighted by atomic mass is 10.0. The van der Waals surface area contributed by atoms with Gasteiger partial charge in [0.1, 0.15) is 12.4 Å². The fourth-order valence-corrected chi connectivity index (χ4v) is 7.19. The highest BCUT2D eigenvalue weighted by molar-refractivity contribution is 9.09. The van der Waals surface area contributed by atoms with Crippen molar-refractivity contribution in [3.8, 4) is 12.1 Å². The minimum absolute atomic E-state index is 0.111. The van der Waals surface area contributed by atoms with Crippen molar-refractivity contribution < 1.29 is 9.53 Å². The van der Waals surface area contributed by atoms with Gasteiger partial charge in [-0.25, -0.2) is 0 Å². The van der Waals surface area contributed by atoms with E-state index in [1.165, 1.54) is 0 Å². The maximum atomic E-state index is 13.1. The predicted octanol–water partition coefficient (Wildman–Crippen LogP) is 5.20. The predicted molar refractivity (Wildman–Crippen MR) is 178 cm³/mol. The van der Waals surface area contributed by atoms with E-state index >= 15 is 0 Å². The Balaban J connectivity index is 1.33. The zero-order valence-electron chi connectivity index (χ0n) is 25.0. The number of anilines is 2. The first kappa shape index (κ1) is 30.6. The number of rotatable bonds is 8. The van der Waals surface area contributed by atoms with E-state index in [4.69, 9.17) is 26.3 Å². The van der Waals surface area contributed by atoms with Gasteiger partial charge < -0.3 is 24.3 Å². The van der Waals surface area contributed by atoms with Gasteiger partial charge in [-0.05, 0) is 50.4 Å². The first-order chi connectivity index (χ1) is 21.4. The highest BCUT2D eigenvalue weighted by Crippen LogP contribution is 2.37. The number of aromatic nitrogens is 2. The van der Waals surface area contributed by atoms with Crippen molar-refractivity contribution in [2.45, 2.75) is 44.3 Å². The number of fused-ring (bicyclic) bond motifs is 2. The van der Waals surface area contributed by atoms with Crippen LogP contribution in [0.3, 0.4) is 0 Å².